The molecule has 1 fully saturated rings. The number of rotatable bonds is 0. The summed E-state index contributed by atoms with van der Waals surface area (Å²) in [5, 5.41) is 2.64. The number of carbonyl (C=O) groups excluding carboxylic acids is 1. The van der Waals surface area contributed by atoms with E-state index in [0.717, 1.165) is 0 Å². The van der Waals surface area contributed by atoms with Gasteiger partial charge in [-0.3, -0.25) is 4.79 Å². The third-order valence-corrected chi connectivity index (χ3v) is 1.21. The van der Waals surface area contributed by atoms with E-state index in [1.165, 1.54) is 0 Å². The Bertz CT molecular complexity index is 145. The number of nitrogens with one attached hydrogen (secondary N) is 1. The van der Waals surface area contributed by atoms with Crippen molar-refractivity contribution in [3.05, 3.63) is 0 Å². The quantitative estimate of drug-likeness (QED) is 0.427. The molecule has 1 amide bonds. The molecule has 0 aromatic heterocycles. The molecule has 1 atom stereocenters. The number of hydrogen-bond donors (Lipinski definition) is 1. The molecule has 1 rings (SSSR count). The molecule has 1 heterocycles. The van der Waals surface area contributed by atoms with Crippen LogP contribution in [0.3, 0.4) is 0 Å². The van der Waals surface area contributed by atoms with Crippen LogP contribution in [0, 0.1) is 18.3 Å². The van der Waals surface area contributed by atoms with Crippen molar-refractivity contribution in [2.24, 2.45) is 5.92 Å². The van der Waals surface area contributed by atoms with Crippen LogP contribution in [0.5, 0.6) is 0 Å². The predicted octanol–water partition coefficient (Wildman–Crippen LogP) is -0.244. The highest BCUT2D eigenvalue weighted by Gasteiger charge is 2.18. The van der Waals surface area contributed by atoms with Crippen molar-refractivity contribution in [3.8, 4) is 12.3 Å². The van der Waals surface area contributed by atoms with Crippen LogP contribution < -0.4 is 5.32 Å². The van der Waals surface area contributed by atoms with Crippen molar-refractivity contribution in [1.29, 1.82) is 0 Å². The topological polar surface area (TPSA) is 29.1 Å². The Morgan fingerprint density at radius 1 is 1.88 bits per heavy atom. The molecule has 0 radical (unpaired) electrons. The number of carbonyl (C=O) groups is 1. The van der Waals surface area contributed by atoms with E-state index in [1.807, 2.05) is 0 Å². The summed E-state index contributed by atoms with van der Waals surface area (Å²) in [6, 6.07) is 0. The summed E-state index contributed by atoms with van der Waals surface area (Å²) in [6.45, 7) is 0.662. The molecule has 0 bridgehead atoms. The van der Waals surface area contributed by atoms with Crippen LogP contribution in [-0.2, 0) is 4.79 Å². The van der Waals surface area contributed by atoms with Crippen LogP contribution in [0.4, 0.5) is 0 Å². The summed E-state index contributed by atoms with van der Waals surface area (Å²) < 4.78 is 0. The molecule has 0 unspecified atom stereocenters. The summed E-state index contributed by atoms with van der Waals surface area (Å²) in [5.74, 6) is 2.73. The molecule has 1 saturated heterocycles. The van der Waals surface area contributed by atoms with Crippen LogP contribution in [0.1, 0.15) is 6.42 Å². The van der Waals surface area contributed by atoms with Gasteiger partial charge in [0.15, 0.2) is 0 Å². The molecule has 42 valence electrons. The maximum absolute atomic E-state index is 10.4. The van der Waals surface area contributed by atoms with Crippen molar-refractivity contribution in [2.75, 3.05) is 6.54 Å². The number of terminal acetylenes is 1. The summed E-state index contributed by atoms with van der Waals surface area (Å²) in [5.41, 5.74) is 0. The van der Waals surface area contributed by atoms with Gasteiger partial charge in [0, 0.05) is 18.9 Å². The molecule has 2 heteroatoms. The molecular formula is C6H7NO. The van der Waals surface area contributed by atoms with Crippen LogP contribution in [0.25, 0.3) is 0 Å². The molecule has 1 aliphatic rings. The fourth-order valence-electron chi connectivity index (χ4n) is 0.723. The van der Waals surface area contributed by atoms with Gasteiger partial charge in [-0.2, -0.15) is 0 Å². The first kappa shape index (κ1) is 5.17. The minimum Gasteiger partial charge on any atom is -0.355 e. The molecule has 2 nitrogen and oxygen atoms in total. The maximum Gasteiger partial charge on any atom is 0.221 e. The minimum absolute atomic E-state index is 0.0768. The Morgan fingerprint density at radius 3 is 2.88 bits per heavy atom. The highest BCUT2D eigenvalue weighted by atomic mass is 16.1. The van der Waals surface area contributed by atoms with Crippen molar-refractivity contribution in [2.45, 2.75) is 6.42 Å². The van der Waals surface area contributed by atoms with Gasteiger partial charge in [0.05, 0.1) is 0 Å². The second-order valence-electron chi connectivity index (χ2n) is 1.87. The maximum atomic E-state index is 10.4. The van der Waals surface area contributed by atoms with Crippen molar-refractivity contribution < 1.29 is 4.79 Å². The molecule has 0 aliphatic carbocycles. The van der Waals surface area contributed by atoms with Gasteiger partial charge in [0.2, 0.25) is 5.91 Å². The van der Waals surface area contributed by atoms with Gasteiger partial charge in [-0.15, -0.1) is 12.3 Å². The lowest BCUT2D eigenvalue weighted by Gasteiger charge is -1.89. The average Bonchev–Trinajstić information content (AvgIpc) is 2.14. The fourth-order valence-corrected chi connectivity index (χ4v) is 0.723. The second-order valence-corrected chi connectivity index (χ2v) is 1.87. The predicted molar refractivity (Wildman–Crippen MR) is 29.9 cm³/mol. The van der Waals surface area contributed by atoms with E-state index < -0.39 is 0 Å². The highest BCUT2D eigenvalue weighted by Crippen LogP contribution is 2.05. The monoisotopic (exact) mass is 109 g/mol. The van der Waals surface area contributed by atoms with Gasteiger partial charge in [-0.25, -0.2) is 0 Å². The van der Waals surface area contributed by atoms with Gasteiger partial charge in [0.25, 0.3) is 0 Å². The van der Waals surface area contributed by atoms with E-state index >= 15 is 0 Å². The molecule has 0 aromatic carbocycles. The Hall–Kier alpha value is -0.970. The van der Waals surface area contributed by atoms with Gasteiger partial charge < -0.3 is 5.32 Å². The van der Waals surface area contributed by atoms with Crippen LogP contribution in [0.15, 0.2) is 0 Å². The first-order chi connectivity index (χ1) is 3.83. The normalized spacial score (nSPS) is 26.9. The Morgan fingerprint density at radius 2 is 2.62 bits per heavy atom. The number of hydrogen-bond acceptors (Lipinski definition) is 1. The van der Waals surface area contributed by atoms with E-state index in [9.17, 15) is 4.79 Å². The Balaban J connectivity index is 2.47. The third-order valence-electron chi connectivity index (χ3n) is 1.21. The van der Waals surface area contributed by atoms with Crippen molar-refractivity contribution >= 4 is 5.91 Å². The smallest absolute Gasteiger partial charge is 0.221 e. The molecular weight excluding hydrogens is 102 g/mol. The fraction of sp³-hybridized carbons (Fsp3) is 0.500. The lowest BCUT2D eigenvalue weighted by molar-refractivity contribution is -0.119. The standard InChI is InChI=1S/C6H7NO/c1-2-5-3-6(8)7-4-5/h1,5H,3-4H2,(H,7,8)/t5-/m1/s1. The molecule has 0 saturated carbocycles. The number of amides is 1. The highest BCUT2D eigenvalue weighted by molar-refractivity contribution is 5.78. The van der Waals surface area contributed by atoms with Gasteiger partial charge >= 0.3 is 0 Å². The van der Waals surface area contributed by atoms with Gasteiger partial charge in [-0.05, 0) is 0 Å². The average molecular weight is 109 g/mol. The largest absolute Gasteiger partial charge is 0.355 e. The van der Waals surface area contributed by atoms with Gasteiger partial charge in [0.1, 0.15) is 0 Å². The first-order valence-electron chi connectivity index (χ1n) is 2.56. The lowest BCUT2D eigenvalue weighted by Crippen LogP contribution is -2.13. The lowest BCUT2D eigenvalue weighted by atomic mass is 10.1. The molecule has 1 aliphatic heterocycles. The summed E-state index contributed by atoms with van der Waals surface area (Å²) in [4.78, 5) is 10.4. The first-order valence-corrected chi connectivity index (χ1v) is 2.56. The van der Waals surface area contributed by atoms with E-state index in [1.54, 1.807) is 0 Å². The van der Waals surface area contributed by atoms with E-state index in [-0.39, 0.29) is 11.8 Å². The zero-order valence-electron chi connectivity index (χ0n) is 4.48. The van der Waals surface area contributed by atoms with Crippen molar-refractivity contribution in [3.63, 3.8) is 0 Å². The summed E-state index contributed by atoms with van der Waals surface area (Å²) in [6.07, 6.45) is 5.56. The summed E-state index contributed by atoms with van der Waals surface area (Å²) >= 11 is 0. The minimum atomic E-state index is 0.0768. The Labute approximate surface area is 48.3 Å². The van der Waals surface area contributed by atoms with Crippen LogP contribution >= 0.6 is 0 Å². The molecule has 8 heavy (non-hydrogen) atoms. The molecule has 0 aromatic rings. The van der Waals surface area contributed by atoms with Gasteiger partial charge in [-0.1, -0.05) is 0 Å². The summed E-state index contributed by atoms with van der Waals surface area (Å²) in [7, 11) is 0. The second kappa shape index (κ2) is 1.87. The zero-order chi connectivity index (χ0) is 5.98. The zero-order valence-corrected chi connectivity index (χ0v) is 4.48. The van der Waals surface area contributed by atoms with E-state index in [2.05, 4.69) is 11.2 Å². The van der Waals surface area contributed by atoms with Crippen LogP contribution in [-0.4, -0.2) is 12.5 Å². The molecule has 0 spiro atoms. The SMILES string of the molecule is C#C[C@H]1CNC(=O)C1. The third kappa shape index (κ3) is 0.812. The van der Waals surface area contributed by atoms with E-state index in [4.69, 9.17) is 6.42 Å². The van der Waals surface area contributed by atoms with E-state index in [0.29, 0.717) is 13.0 Å². The molecule has 1 N–H and O–H groups in total. The van der Waals surface area contributed by atoms with Crippen LogP contribution in [0.2, 0.25) is 0 Å². The van der Waals surface area contributed by atoms with Crippen molar-refractivity contribution in [1.82, 2.24) is 5.32 Å². The Kier molecular flexibility index (Phi) is 1.21.